The molecule has 0 aliphatic rings. The van der Waals surface area contributed by atoms with Gasteiger partial charge in [-0.25, -0.2) is 0 Å². The molecular weight excluding hydrogens is 188 g/mol. The van der Waals surface area contributed by atoms with Gasteiger partial charge in [0, 0.05) is 19.8 Å². The summed E-state index contributed by atoms with van der Waals surface area (Å²) in [5, 5.41) is 12.4. The molecule has 15 heavy (non-hydrogen) atoms. The number of benzene rings is 1. The second-order valence-corrected chi connectivity index (χ2v) is 3.78. The first-order valence-corrected chi connectivity index (χ1v) is 5.30. The van der Waals surface area contributed by atoms with Crippen molar-refractivity contribution in [3.05, 3.63) is 29.8 Å². The highest BCUT2D eigenvalue weighted by molar-refractivity contribution is 5.46. The van der Waals surface area contributed by atoms with E-state index in [0.29, 0.717) is 0 Å². The molecule has 1 aromatic carbocycles. The van der Waals surface area contributed by atoms with Gasteiger partial charge in [-0.05, 0) is 24.2 Å². The standard InChI is InChI=1S/C12H20N2O/c1-4-13-12(9-15)10-5-7-11(8-6-10)14(2)3/h5-8,12-13,15H,4,9H2,1-3H3. The molecule has 0 aliphatic heterocycles. The molecule has 2 N–H and O–H groups in total. The Morgan fingerprint density at radius 1 is 1.27 bits per heavy atom. The molecule has 0 aromatic heterocycles. The zero-order chi connectivity index (χ0) is 11.3. The van der Waals surface area contributed by atoms with Crippen LogP contribution in [-0.2, 0) is 0 Å². The van der Waals surface area contributed by atoms with Crippen molar-refractivity contribution in [3.8, 4) is 0 Å². The lowest BCUT2D eigenvalue weighted by molar-refractivity contribution is 0.246. The van der Waals surface area contributed by atoms with Crippen molar-refractivity contribution in [1.29, 1.82) is 0 Å². The van der Waals surface area contributed by atoms with Gasteiger partial charge in [-0.15, -0.1) is 0 Å². The average molecular weight is 208 g/mol. The molecule has 0 radical (unpaired) electrons. The quantitative estimate of drug-likeness (QED) is 0.767. The molecule has 0 aliphatic carbocycles. The van der Waals surface area contributed by atoms with Crippen LogP contribution in [0.3, 0.4) is 0 Å². The molecule has 0 saturated heterocycles. The molecule has 1 atom stereocenters. The Labute approximate surface area is 91.7 Å². The predicted octanol–water partition coefficient (Wildman–Crippen LogP) is 1.40. The van der Waals surface area contributed by atoms with Gasteiger partial charge in [-0.2, -0.15) is 0 Å². The normalized spacial score (nSPS) is 12.5. The van der Waals surface area contributed by atoms with Gasteiger partial charge in [0.1, 0.15) is 0 Å². The molecule has 1 aromatic rings. The summed E-state index contributed by atoms with van der Waals surface area (Å²) in [4.78, 5) is 2.06. The number of nitrogens with one attached hydrogen (secondary N) is 1. The van der Waals surface area contributed by atoms with Gasteiger partial charge in [-0.3, -0.25) is 0 Å². The third-order valence-electron chi connectivity index (χ3n) is 2.44. The van der Waals surface area contributed by atoms with E-state index in [9.17, 15) is 5.11 Å². The van der Waals surface area contributed by atoms with Crippen molar-refractivity contribution in [2.45, 2.75) is 13.0 Å². The minimum atomic E-state index is 0.0474. The number of rotatable bonds is 5. The number of hydrogen-bond donors (Lipinski definition) is 2. The van der Waals surface area contributed by atoms with Crippen LogP contribution in [0.15, 0.2) is 24.3 Å². The maximum Gasteiger partial charge on any atom is 0.0626 e. The maximum absolute atomic E-state index is 9.22. The lowest BCUT2D eigenvalue weighted by Crippen LogP contribution is -2.23. The first kappa shape index (κ1) is 12.0. The van der Waals surface area contributed by atoms with E-state index in [2.05, 4.69) is 34.5 Å². The van der Waals surface area contributed by atoms with Crippen LogP contribution in [0, 0.1) is 0 Å². The molecule has 0 heterocycles. The van der Waals surface area contributed by atoms with E-state index in [0.717, 1.165) is 12.1 Å². The summed E-state index contributed by atoms with van der Waals surface area (Å²) >= 11 is 0. The lowest BCUT2D eigenvalue weighted by atomic mass is 10.1. The van der Waals surface area contributed by atoms with Crippen LogP contribution in [0.5, 0.6) is 0 Å². The Balaban J connectivity index is 2.77. The van der Waals surface area contributed by atoms with Gasteiger partial charge in [-0.1, -0.05) is 19.1 Å². The Morgan fingerprint density at radius 2 is 1.87 bits per heavy atom. The van der Waals surface area contributed by atoms with Crippen LogP contribution < -0.4 is 10.2 Å². The smallest absolute Gasteiger partial charge is 0.0626 e. The third-order valence-corrected chi connectivity index (χ3v) is 2.44. The summed E-state index contributed by atoms with van der Waals surface area (Å²) < 4.78 is 0. The van der Waals surface area contributed by atoms with Crippen molar-refractivity contribution in [2.24, 2.45) is 0 Å². The fraction of sp³-hybridized carbons (Fsp3) is 0.500. The van der Waals surface area contributed by atoms with E-state index in [1.807, 2.05) is 21.0 Å². The van der Waals surface area contributed by atoms with Crippen molar-refractivity contribution in [3.63, 3.8) is 0 Å². The Kier molecular flexibility index (Phi) is 4.59. The second kappa shape index (κ2) is 5.73. The minimum absolute atomic E-state index is 0.0474. The highest BCUT2D eigenvalue weighted by Crippen LogP contribution is 2.17. The van der Waals surface area contributed by atoms with Gasteiger partial charge in [0.05, 0.1) is 12.6 Å². The molecule has 0 spiro atoms. The van der Waals surface area contributed by atoms with Crippen molar-refractivity contribution >= 4 is 5.69 Å². The van der Waals surface area contributed by atoms with Crippen molar-refractivity contribution < 1.29 is 5.11 Å². The second-order valence-electron chi connectivity index (χ2n) is 3.78. The lowest BCUT2D eigenvalue weighted by Gasteiger charge is -2.17. The zero-order valence-corrected chi connectivity index (χ0v) is 9.70. The first-order valence-electron chi connectivity index (χ1n) is 5.30. The first-order chi connectivity index (χ1) is 7.19. The number of anilines is 1. The molecule has 1 rings (SSSR count). The zero-order valence-electron chi connectivity index (χ0n) is 9.70. The summed E-state index contributed by atoms with van der Waals surface area (Å²) in [5.74, 6) is 0. The van der Waals surface area contributed by atoms with E-state index >= 15 is 0 Å². The predicted molar refractivity (Wildman–Crippen MR) is 64.3 cm³/mol. The van der Waals surface area contributed by atoms with E-state index in [1.165, 1.54) is 5.69 Å². The molecule has 3 heteroatoms. The van der Waals surface area contributed by atoms with Crippen LogP contribution >= 0.6 is 0 Å². The van der Waals surface area contributed by atoms with Gasteiger partial charge in [0.15, 0.2) is 0 Å². The molecular formula is C12H20N2O. The van der Waals surface area contributed by atoms with E-state index in [1.54, 1.807) is 0 Å². The van der Waals surface area contributed by atoms with Crippen molar-refractivity contribution in [2.75, 3.05) is 32.1 Å². The summed E-state index contributed by atoms with van der Waals surface area (Å²) in [7, 11) is 4.03. The number of likely N-dealkylation sites (N-methyl/N-ethyl adjacent to an activating group) is 1. The maximum atomic E-state index is 9.22. The number of hydrogen-bond acceptors (Lipinski definition) is 3. The van der Waals surface area contributed by atoms with Crippen LogP contribution in [0.1, 0.15) is 18.5 Å². The monoisotopic (exact) mass is 208 g/mol. The van der Waals surface area contributed by atoms with E-state index in [4.69, 9.17) is 0 Å². The fourth-order valence-electron chi connectivity index (χ4n) is 1.54. The average Bonchev–Trinajstić information content (AvgIpc) is 2.26. The molecule has 0 bridgehead atoms. The van der Waals surface area contributed by atoms with Crippen molar-refractivity contribution in [1.82, 2.24) is 5.32 Å². The van der Waals surface area contributed by atoms with Crippen LogP contribution in [0.25, 0.3) is 0 Å². The molecule has 3 nitrogen and oxygen atoms in total. The third kappa shape index (κ3) is 3.22. The highest BCUT2D eigenvalue weighted by Gasteiger charge is 2.08. The topological polar surface area (TPSA) is 35.5 Å². The number of nitrogens with zero attached hydrogens (tertiary/aromatic N) is 1. The van der Waals surface area contributed by atoms with Gasteiger partial charge < -0.3 is 15.3 Å². The van der Waals surface area contributed by atoms with Crippen LogP contribution in [0.2, 0.25) is 0 Å². The van der Waals surface area contributed by atoms with Gasteiger partial charge in [0.2, 0.25) is 0 Å². The molecule has 1 unspecified atom stereocenters. The van der Waals surface area contributed by atoms with Gasteiger partial charge >= 0.3 is 0 Å². The van der Waals surface area contributed by atoms with E-state index in [-0.39, 0.29) is 12.6 Å². The molecule has 84 valence electrons. The summed E-state index contributed by atoms with van der Waals surface area (Å²) in [6.07, 6.45) is 0. The largest absolute Gasteiger partial charge is 0.394 e. The molecule has 0 fully saturated rings. The fourth-order valence-corrected chi connectivity index (χ4v) is 1.54. The Bertz CT molecular complexity index is 282. The summed E-state index contributed by atoms with van der Waals surface area (Å²) in [6.45, 7) is 3.03. The number of aliphatic hydroxyl groups excluding tert-OH is 1. The van der Waals surface area contributed by atoms with Crippen LogP contribution in [-0.4, -0.2) is 32.4 Å². The van der Waals surface area contributed by atoms with Crippen LogP contribution in [0.4, 0.5) is 5.69 Å². The summed E-state index contributed by atoms with van der Waals surface area (Å²) in [5.41, 5.74) is 2.30. The molecule has 0 amide bonds. The Hall–Kier alpha value is -1.06. The minimum Gasteiger partial charge on any atom is -0.394 e. The highest BCUT2D eigenvalue weighted by atomic mass is 16.3. The SMILES string of the molecule is CCNC(CO)c1ccc(N(C)C)cc1. The van der Waals surface area contributed by atoms with E-state index < -0.39 is 0 Å². The summed E-state index contributed by atoms with van der Waals surface area (Å²) in [6, 6.07) is 8.29. The van der Waals surface area contributed by atoms with Gasteiger partial charge in [0.25, 0.3) is 0 Å². The Morgan fingerprint density at radius 3 is 2.27 bits per heavy atom. The molecule has 0 saturated carbocycles. The number of aliphatic hydroxyl groups is 1.